The maximum Gasteiger partial charge on any atom is 0.208 e. The Labute approximate surface area is 216 Å². The van der Waals surface area contributed by atoms with E-state index in [2.05, 4.69) is 76.2 Å². The molecule has 1 aliphatic heterocycles. The van der Waals surface area contributed by atoms with Crippen LogP contribution < -0.4 is 5.32 Å². The first-order valence-corrected chi connectivity index (χ1v) is 12.3. The molecule has 2 N–H and O–H groups in total. The van der Waals surface area contributed by atoms with Gasteiger partial charge in [-0.05, 0) is 57.9 Å². The third kappa shape index (κ3) is 4.44. The first-order chi connectivity index (χ1) is 17.8. The second kappa shape index (κ2) is 9.71. The quantitative estimate of drug-likeness (QED) is 0.402. The minimum Gasteiger partial charge on any atom is -0.495 e. The first-order valence-electron chi connectivity index (χ1n) is 12.3. The molecule has 0 aliphatic carbocycles. The molecular formula is C29H32N6O2. The molecule has 1 atom stereocenters. The van der Waals surface area contributed by atoms with Gasteiger partial charge in [-0.25, -0.2) is 4.99 Å². The lowest BCUT2D eigenvalue weighted by Crippen LogP contribution is -2.38. The number of aromatic nitrogens is 3. The van der Waals surface area contributed by atoms with E-state index in [1.165, 1.54) is 7.11 Å². The standard InChI is InChI=1S/C29H32N6O2/c1-17-12-13-23(35-20(4)26-18(2)32-33-19(3)27(26)21(35)5)14-24(17)30-29-31-28(36)25(37-6)16-34(29)15-22-10-8-7-9-11-22/h7-14,16,28,36H,15H2,1-6H3,(H,30,31). The molecule has 0 saturated heterocycles. The van der Waals surface area contributed by atoms with Gasteiger partial charge in [-0.1, -0.05) is 36.4 Å². The van der Waals surface area contributed by atoms with Crippen molar-refractivity contribution in [3.05, 3.63) is 94.4 Å². The van der Waals surface area contributed by atoms with Crippen LogP contribution in [-0.2, 0) is 11.3 Å². The fourth-order valence-corrected chi connectivity index (χ4v) is 5.06. The van der Waals surface area contributed by atoms with Crippen molar-refractivity contribution in [3.63, 3.8) is 0 Å². The summed E-state index contributed by atoms with van der Waals surface area (Å²) in [6.45, 7) is 10.9. The molecule has 4 aromatic rings. The van der Waals surface area contributed by atoms with E-state index in [1.54, 1.807) is 6.20 Å². The van der Waals surface area contributed by atoms with E-state index in [-0.39, 0.29) is 0 Å². The van der Waals surface area contributed by atoms with Crippen LogP contribution in [0, 0.1) is 34.6 Å². The number of benzene rings is 2. The summed E-state index contributed by atoms with van der Waals surface area (Å²) in [5, 5.41) is 25.0. The molecule has 37 heavy (non-hydrogen) atoms. The lowest BCUT2D eigenvalue weighted by atomic mass is 10.1. The molecule has 0 spiro atoms. The Morgan fingerprint density at radius 2 is 1.57 bits per heavy atom. The number of nitrogens with one attached hydrogen (secondary N) is 1. The van der Waals surface area contributed by atoms with Crippen molar-refractivity contribution < 1.29 is 9.84 Å². The molecule has 2 aromatic heterocycles. The molecule has 0 fully saturated rings. The molecule has 1 aliphatic rings. The SMILES string of the molecule is COC1=CN(Cc2ccccc2)C(Nc2cc(-n3c(C)c4c(C)nnc(C)c4c3C)ccc2C)=NC1O. The van der Waals surface area contributed by atoms with Gasteiger partial charge in [-0.2, -0.15) is 10.2 Å². The molecule has 0 radical (unpaired) electrons. The van der Waals surface area contributed by atoms with Gasteiger partial charge in [0.15, 0.2) is 5.76 Å². The predicted molar refractivity (Wildman–Crippen MR) is 147 cm³/mol. The predicted octanol–water partition coefficient (Wildman–Crippen LogP) is 5.05. The molecule has 5 rings (SSSR count). The number of aliphatic imine (C=N–C) groups is 1. The number of ether oxygens (including phenoxy) is 1. The van der Waals surface area contributed by atoms with Gasteiger partial charge < -0.3 is 24.6 Å². The number of aliphatic hydroxyl groups is 1. The highest BCUT2D eigenvalue weighted by atomic mass is 16.5. The Morgan fingerprint density at radius 3 is 2.19 bits per heavy atom. The number of hydrogen-bond acceptors (Lipinski definition) is 7. The minimum absolute atomic E-state index is 0.394. The van der Waals surface area contributed by atoms with Crippen LogP contribution in [0.4, 0.5) is 5.69 Å². The van der Waals surface area contributed by atoms with E-state index in [4.69, 9.17) is 4.74 Å². The molecule has 8 nitrogen and oxygen atoms in total. The Morgan fingerprint density at radius 1 is 0.919 bits per heavy atom. The summed E-state index contributed by atoms with van der Waals surface area (Å²) in [5.41, 5.74) is 8.20. The summed E-state index contributed by atoms with van der Waals surface area (Å²) < 4.78 is 7.62. The van der Waals surface area contributed by atoms with E-state index in [9.17, 15) is 5.11 Å². The summed E-state index contributed by atoms with van der Waals surface area (Å²) in [6, 6.07) is 16.5. The van der Waals surface area contributed by atoms with Crippen LogP contribution >= 0.6 is 0 Å². The zero-order chi connectivity index (χ0) is 26.3. The number of methoxy groups -OCH3 is 1. The highest BCUT2D eigenvalue weighted by Crippen LogP contribution is 2.33. The van der Waals surface area contributed by atoms with Gasteiger partial charge in [0.05, 0.1) is 25.0 Å². The summed E-state index contributed by atoms with van der Waals surface area (Å²) >= 11 is 0. The molecular weight excluding hydrogens is 464 g/mol. The number of aryl methyl sites for hydroxylation is 5. The van der Waals surface area contributed by atoms with Crippen LogP contribution in [0.15, 0.2) is 65.5 Å². The lowest BCUT2D eigenvalue weighted by Gasteiger charge is -2.30. The fourth-order valence-electron chi connectivity index (χ4n) is 5.06. The van der Waals surface area contributed by atoms with E-state index >= 15 is 0 Å². The van der Waals surface area contributed by atoms with E-state index in [0.29, 0.717) is 18.3 Å². The van der Waals surface area contributed by atoms with Gasteiger partial charge >= 0.3 is 0 Å². The van der Waals surface area contributed by atoms with Crippen molar-refractivity contribution in [3.8, 4) is 5.69 Å². The maximum absolute atomic E-state index is 10.5. The summed E-state index contributed by atoms with van der Waals surface area (Å²) in [7, 11) is 1.54. The topological polar surface area (TPSA) is 87.8 Å². The van der Waals surface area contributed by atoms with Crippen LogP contribution in [0.1, 0.15) is 33.9 Å². The van der Waals surface area contributed by atoms with Gasteiger partial charge in [0.25, 0.3) is 0 Å². The Balaban J connectivity index is 1.54. The maximum atomic E-state index is 10.5. The molecule has 190 valence electrons. The third-order valence-electron chi connectivity index (χ3n) is 6.93. The molecule has 2 aromatic carbocycles. The second-order valence-electron chi connectivity index (χ2n) is 9.43. The van der Waals surface area contributed by atoms with Crippen molar-refractivity contribution in [2.45, 2.75) is 47.4 Å². The average molecular weight is 497 g/mol. The Hall–Kier alpha value is -4.17. The first kappa shape index (κ1) is 24.5. The van der Waals surface area contributed by atoms with Crippen molar-refractivity contribution in [2.24, 2.45) is 4.99 Å². The Bertz CT molecular complexity index is 1490. The van der Waals surface area contributed by atoms with Gasteiger partial charge in [0.2, 0.25) is 12.2 Å². The van der Waals surface area contributed by atoms with Crippen LogP contribution in [0.3, 0.4) is 0 Å². The summed E-state index contributed by atoms with van der Waals surface area (Å²) in [5.74, 6) is 0.939. The number of aliphatic hydroxyl groups excluding tert-OH is 1. The Kier molecular flexibility index (Phi) is 6.43. The molecule has 0 amide bonds. The third-order valence-corrected chi connectivity index (χ3v) is 6.93. The number of hydrogen-bond donors (Lipinski definition) is 2. The van der Waals surface area contributed by atoms with Crippen LogP contribution in [0.25, 0.3) is 16.5 Å². The van der Waals surface area contributed by atoms with Crippen molar-refractivity contribution in [2.75, 3.05) is 12.4 Å². The van der Waals surface area contributed by atoms with Gasteiger partial charge in [0, 0.05) is 39.7 Å². The normalized spacial score (nSPS) is 15.5. The second-order valence-corrected chi connectivity index (χ2v) is 9.43. The number of guanidine groups is 1. The fraction of sp³-hybridized carbons (Fsp3) is 0.276. The molecule has 3 heterocycles. The van der Waals surface area contributed by atoms with Crippen LogP contribution in [0.5, 0.6) is 0 Å². The van der Waals surface area contributed by atoms with Gasteiger partial charge in [-0.3, -0.25) is 0 Å². The molecule has 0 saturated carbocycles. The monoisotopic (exact) mass is 496 g/mol. The van der Waals surface area contributed by atoms with E-state index in [1.807, 2.05) is 36.9 Å². The lowest BCUT2D eigenvalue weighted by molar-refractivity contribution is 0.124. The minimum atomic E-state index is -1.08. The molecule has 0 bridgehead atoms. The number of fused-ring (bicyclic) bond motifs is 1. The molecule has 1 unspecified atom stereocenters. The number of anilines is 1. The molecule has 8 heteroatoms. The average Bonchev–Trinajstić information content (AvgIpc) is 3.16. The van der Waals surface area contributed by atoms with Crippen molar-refractivity contribution >= 4 is 22.4 Å². The largest absolute Gasteiger partial charge is 0.495 e. The zero-order valence-electron chi connectivity index (χ0n) is 22.1. The smallest absolute Gasteiger partial charge is 0.208 e. The summed E-state index contributed by atoms with van der Waals surface area (Å²) in [4.78, 5) is 6.47. The van der Waals surface area contributed by atoms with Crippen molar-refractivity contribution in [1.29, 1.82) is 0 Å². The van der Waals surface area contributed by atoms with E-state index < -0.39 is 6.23 Å². The van der Waals surface area contributed by atoms with Crippen LogP contribution in [0.2, 0.25) is 0 Å². The zero-order valence-corrected chi connectivity index (χ0v) is 22.1. The van der Waals surface area contributed by atoms with E-state index in [0.717, 1.165) is 56.0 Å². The number of rotatable bonds is 5. The van der Waals surface area contributed by atoms with Crippen molar-refractivity contribution in [1.82, 2.24) is 19.7 Å². The summed E-state index contributed by atoms with van der Waals surface area (Å²) in [6.07, 6.45) is 0.721. The van der Waals surface area contributed by atoms with Gasteiger partial charge in [0.1, 0.15) is 0 Å². The van der Waals surface area contributed by atoms with Gasteiger partial charge in [-0.15, -0.1) is 0 Å². The highest BCUT2D eigenvalue weighted by Gasteiger charge is 2.24. The highest BCUT2D eigenvalue weighted by molar-refractivity contribution is 5.96. The number of nitrogens with zero attached hydrogens (tertiary/aromatic N) is 5. The van der Waals surface area contributed by atoms with Crippen LogP contribution in [-0.4, -0.2) is 44.1 Å².